The van der Waals surface area contributed by atoms with Crippen LogP contribution in [0.5, 0.6) is 0 Å². The van der Waals surface area contributed by atoms with Crippen LogP contribution in [0.25, 0.3) is 10.8 Å². The van der Waals surface area contributed by atoms with E-state index in [0.29, 0.717) is 0 Å². The van der Waals surface area contributed by atoms with Gasteiger partial charge in [0.25, 0.3) is 0 Å². The number of rotatable bonds is 4. The first-order valence-corrected chi connectivity index (χ1v) is 7.62. The van der Waals surface area contributed by atoms with Crippen LogP contribution in [-0.2, 0) is 6.42 Å². The third kappa shape index (κ3) is 3.36. The third-order valence-electron chi connectivity index (χ3n) is 4.20. The van der Waals surface area contributed by atoms with Gasteiger partial charge in [-0.05, 0) is 61.7 Å². The zero-order chi connectivity index (χ0) is 12.9. The zero-order valence-corrected chi connectivity index (χ0v) is 11.6. The molecule has 2 aromatic rings. The lowest BCUT2D eigenvalue weighted by atomic mass is 10.0. The average molecular weight is 253 g/mol. The highest BCUT2D eigenvalue weighted by atomic mass is 15.1. The van der Waals surface area contributed by atoms with E-state index >= 15 is 0 Å². The Morgan fingerprint density at radius 1 is 0.842 bits per heavy atom. The van der Waals surface area contributed by atoms with E-state index in [9.17, 15) is 0 Å². The lowest BCUT2D eigenvalue weighted by molar-refractivity contribution is 0.226. The number of nitrogens with zero attached hydrogens (tertiary/aromatic N) is 1. The second-order valence-corrected chi connectivity index (χ2v) is 5.69. The molecule has 3 rings (SSSR count). The van der Waals surface area contributed by atoms with Crippen LogP contribution >= 0.6 is 0 Å². The van der Waals surface area contributed by atoms with Crippen LogP contribution in [0.2, 0.25) is 0 Å². The molecule has 0 saturated carbocycles. The summed E-state index contributed by atoms with van der Waals surface area (Å²) in [6.45, 7) is 3.91. The number of fused-ring (bicyclic) bond motifs is 1. The predicted octanol–water partition coefficient (Wildman–Crippen LogP) is 4.26. The Bertz CT molecular complexity index is 526. The van der Waals surface area contributed by atoms with Gasteiger partial charge >= 0.3 is 0 Å². The minimum Gasteiger partial charge on any atom is -0.303 e. The van der Waals surface area contributed by atoms with Gasteiger partial charge in [-0.3, -0.25) is 0 Å². The van der Waals surface area contributed by atoms with Gasteiger partial charge in [-0.1, -0.05) is 48.9 Å². The lowest BCUT2D eigenvalue weighted by Gasteiger charge is -2.26. The Morgan fingerprint density at radius 3 is 2.47 bits per heavy atom. The molecule has 1 aliphatic rings. The SMILES string of the molecule is c1ccc2cc(CCCN3CCCCC3)ccc2c1. The van der Waals surface area contributed by atoms with Gasteiger partial charge in [0.2, 0.25) is 0 Å². The molecule has 0 spiro atoms. The molecular formula is C18H23N. The van der Waals surface area contributed by atoms with Crippen molar-refractivity contribution in [3.05, 3.63) is 48.0 Å². The Labute approximate surface area is 116 Å². The fourth-order valence-electron chi connectivity index (χ4n) is 3.08. The summed E-state index contributed by atoms with van der Waals surface area (Å²) in [5, 5.41) is 2.72. The van der Waals surface area contributed by atoms with Crippen molar-refractivity contribution < 1.29 is 0 Å². The first-order chi connectivity index (χ1) is 9.42. The highest BCUT2D eigenvalue weighted by Gasteiger charge is 2.09. The molecule has 0 N–H and O–H groups in total. The largest absolute Gasteiger partial charge is 0.303 e. The van der Waals surface area contributed by atoms with Crippen molar-refractivity contribution in [3.63, 3.8) is 0 Å². The fraction of sp³-hybridized carbons (Fsp3) is 0.444. The first kappa shape index (κ1) is 12.7. The minimum absolute atomic E-state index is 1.21. The molecule has 0 bridgehead atoms. The van der Waals surface area contributed by atoms with E-state index in [1.165, 1.54) is 68.1 Å². The summed E-state index contributed by atoms with van der Waals surface area (Å²) in [6.07, 6.45) is 6.73. The van der Waals surface area contributed by atoms with Crippen LogP contribution in [0.3, 0.4) is 0 Å². The molecule has 1 saturated heterocycles. The summed E-state index contributed by atoms with van der Waals surface area (Å²) < 4.78 is 0. The molecule has 1 aliphatic heterocycles. The molecule has 0 amide bonds. The van der Waals surface area contributed by atoms with Gasteiger partial charge in [0.1, 0.15) is 0 Å². The van der Waals surface area contributed by atoms with Gasteiger partial charge in [-0.15, -0.1) is 0 Å². The molecule has 0 aliphatic carbocycles. The molecule has 19 heavy (non-hydrogen) atoms. The van der Waals surface area contributed by atoms with E-state index in [1.807, 2.05) is 0 Å². The highest BCUT2D eigenvalue weighted by Crippen LogP contribution is 2.17. The van der Waals surface area contributed by atoms with Crippen LogP contribution < -0.4 is 0 Å². The van der Waals surface area contributed by atoms with Gasteiger partial charge in [-0.2, -0.15) is 0 Å². The Morgan fingerprint density at radius 2 is 1.63 bits per heavy atom. The Balaban J connectivity index is 1.56. The average Bonchev–Trinajstić information content (AvgIpc) is 2.48. The van der Waals surface area contributed by atoms with E-state index in [4.69, 9.17) is 0 Å². The van der Waals surface area contributed by atoms with Gasteiger partial charge in [0, 0.05) is 0 Å². The fourth-order valence-corrected chi connectivity index (χ4v) is 3.08. The molecule has 1 heteroatoms. The van der Waals surface area contributed by atoms with Crippen molar-refractivity contribution in [2.24, 2.45) is 0 Å². The molecule has 1 heterocycles. The second kappa shape index (κ2) is 6.21. The van der Waals surface area contributed by atoms with Crippen molar-refractivity contribution in [1.29, 1.82) is 0 Å². The maximum absolute atomic E-state index is 2.63. The summed E-state index contributed by atoms with van der Waals surface area (Å²) >= 11 is 0. The Kier molecular flexibility index (Phi) is 4.14. The number of hydrogen-bond acceptors (Lipinski definition) is 1. The van der Waals surface area contributed by atoms with E-state index < -0.39 is 0 Å². The van der Waals surface area contributed by atoms with Crippen LogP contribution in [-0.4, -0.2) is 24.5 Å². The van der Waals surface area contributed by atoms with Crippen LogP contribution in [0, 0.1) is 0 Å². The molecular weight excluding hydrogens is 230 g/mol. The normalized spacial score (nSPS) is 16.8. The third-order valence-corrected chi connectivity index (χ3v) is 4.20. The van der Waals surface area contributed by atoms with E-state index in [0.717, 1.165) is 0 Å². The van der Waals surface area contributed by atoms with Gasteiger partial charge in [0.15, 0.2) is 0 Å². The van der Waals surface area contributed by atoms with Gasteiger partial charge in [0.05, 0.1) is 0 Å². The van der Waals surface area contributed by atoms with Crippen molar-refractivity contribution >= 4 is 10.8 Å². The number of hydrogen-bond donors (Lipinski definition) is 0. The summed E-state index contributed by atoms with van der Waals surface area (Å²) in [4.78, 5) is 2.63. The van der Waals surface area contributed by atoms with Crippen LogP contribution in [0.1, 0.15) is 31.2 Å². The molecule has 1 nitrogen and oxygen atoms in total. The van der Waals surface area contributed by atoms with Crippen LogP contribution in [0.15, 0.2) is 42.5 Å². The van der Waals surface area contributed by atoms with E-state index in [1.54, 1.807) is 0 Å². The van der Waals surface area contributed by atoms with Crippen molar-refractivity contribution in [2.45, 2.75) is 32.1 Å². The standard InChI is InChI=1S/C18H23N/c1-4-12-19(13-5-1)14-6-7-16-10-11-17-8-2-3-9-18(17)15-16/h2-3,8-11,15H,1,4-7,12-14H2. The number of piperidine rings is 1. The molecule has 1 fully saturated rings. The van der Waals surface area contributed by atoms with Crippen molar-refractivity contribution in [3.8, 4) is 0 Å². The van der Waals surface area contributed by atoms with E-state index in [2.05, 4.69) is 47.4 Å². The van der Waals surface area contributed by atoms with E-state index in [-0.39, 0.29) is 0 Å². The molecule has 0 aromatic heterocycles. The highest BCUT2D eigenvalue weighted by molar-refractivity contribution is 5.82. The monoisotopic (exact) mass is 253 g/mol. The first-order valence-electron chi connectivity index (χ1n) is 7.62. The van der Waals surface area contributed by atoms with Crippen molar-refractivity contribution in [2.75, 3.05) is 19.6 Å². The maximum Gasteiger partial charge on any atom is -0.00156 e. The number of benzene rings is 2. The second-order valence-electron chi connectivity index (χ2n) is 5.69. The zero-order valence-electron chi connectivity index (χ0n) is 11.6. The molecule has 0 atom stereocenters. The lowest BCUT2D eigenvalue weighted by Crippen LogP contribution is -2.30. The smallest absolute Gasteiger partial charge is 0.00156 e. The number of aryl methyl sites for hydroxylation is 1. The molecule has 2 aromatic carbocycles. The Hall–Kier alpha value is -1.34. The summed E-state index contributed by atoms with van der Waals surface area (Å²) in [6, 6.07) is 15.5. The summed E-state index contributed by atoms with van der Waals surface area (Å²) in [5.41, 5.74) is 1.48. The predicted molar refractivity (Wildman–Crippen MR) is 82.6 cm³/mol. The van der Waals surface area contributed by atoms with Gasteiger partial charge < -0.3 is 4.90 Å². The number of likely N-dealkylation sites (tertiary alicyclic amines) is 1. The summed E-state index contributed by atoms with van der Waals surface area (Å²) in [5.74, 6) is 0. The molecule has 0 radical (unpaired) electrons. The van der Waals surface area contributed by atoms with Crippen LogP contribution in [0.4, 0.5) is 0 Å². The quantitative estimate of drug-likeness (QED) is 0.787. The van der Waals surface area contributed by atoms with Crippen molar-refractivity contribution in [1.82, 2.24) is 4.90 Å². The maximum atomic E-state index is 2.63. The summed E-state index contributed by atoms with van der Waals surface area (Å²) in [7, 11) is 0. The molecule has 100 valence electrons. The molecule has 0 unspecified atom stereocenters. The topological polar surface area (TPSA) is 3.24 Å². The minimum atomic E-state index is 1.21. The van der Waals surface area contributed by atoms with Gasteiger partial charge in [-0.25, -0.2) is 0 Å².